The van der Waals surface area contributed by atoms with Gasteiger partial charge >= 0.3 is 0 Å². The third-order valence-corrected chi connectivity index (χ3v) is 4.23. The summed E-state index contributed by atoms with van der Waals surface area (Å²) in [7, 11) is 0. The largest absolute Gasteiger partial charge is 0.352 e. The van der Waals surface area contributed by atoms with Crippen molar-refractivity contribution < 1.29 is 9.59 Å². The van der Waals surface area contributed by atoms with Crippen LogP contribution in [-0.4, -0.2) is 28.1 Å². The van der Waals surface area contributed by atoms with Crippen LogP contribution in [0.3, 0.4) is 0 Å². The number of aromatic nitrogens is 2. The number of anilines is 1. The Kier molecular flexibility index (Phi) is 6.33. The lowest BCUT2D eigenvalue weighted by Crippen LogP contribution is -2.29. The molecule has 2 rings (SSSR count). The molecule has 2 amide bonds. The van der Waals surface area contributed by atoms with E-state index in [1.54, 1.807) is 23.1 Å². The Morgan fingerprint density at radius 2 is 2.04 bits per heavy atom. The number of hydrogen-bond acceptors (Lipinski definition) is 3. The minimum atomic E-state index is -0.192. The Hall–Kier alpha value is -2.89. The topological polar surface area (TPSA) is 67.2 Å². The maximum atomic E-state index is 12.5. The lowest BCUT2D eigenvalue weighted by molar-refractivity contribution is -0.114. The fourth-order valence-corrected chi connectivity index (χ4v) is 2.80. The molecule has 0 spiro atoms. The second kappa shape index (κ2) is 8.47. The molecule has 0 aliphatic carbocycles. The molecule has 1 aromatic heterocycles. The minimum Gasteiger partial charge on any atom is -0.352 e. The van der Waals surface area contributed by atoms with Crippen LogP contribution < -0.4 is 10.2 Å². The lowest BCUT2D eigenvalue weighted by Gasteiger charge is -2.23. The first-order valence-corrected chi connectivity index (χ1v) is 8.76. The van der Waals surface area contributed by atoms with Crippen molar-refractivity contribution in [1.29, 1.82) is 0 Å². The molecule has 1 aromatic carbocycles. The van der Waals surface area contributed by atoms with Crippen molar-refractivity contribution in [3.05, 3.63) is 59.4 Å². The van der Waals surface area contributed by atoms with Crippen LogP contribution in [0.1, 0.15) is 41.0 Å². The minimum absolute atomic E-state index is 0.121. The lowest BCUT2D eigenvalue weighted by atomic mass is 10.1. The first kappa shape index (κ1) is 19.4. The van der Waals surface area contributed by atoms with E-state index in [4.69, 9.17) is 0 Å². The Labute approximate surface area is 154 Å². The zero-order valence-corrected chi connectivity index (χ0v) is 15.9. The van der Waals surface area contributed by atoms with E-state index >= 15 is 0 Å². The zero-order valence-electron chi connectivity index (χ0n) is 15.9. The van der Waals surface area contributed by atoms with E-state index in [-0.39, 0.29) is 11.8 Å². The summed E-state index contributed by atoms with van der Waals surface area (Å²) >= 11 is 0. The third-order valence-electron chi connectivity index (χ3n) is 4.23. The molecule has 1 heterocycles. The first-order valence-electron chi connectivity index (χ1n) is 8.76. The van der Waals surface area contributed by atoms with Gasteiger partial charge < -0.3 is 10.2 Å². The maximum absolute atomic E-state index is 12.5. The zero-order chi connectivity index (χ0) is 19.3. The summed E-state index contributed by atoms with van der Waals surface area (Å²) in [4.78, 5) is 26.2. The van der Waals surface area contributed by atoms with E-state index in [0.29, 0.717) is 18.7 Å². The van der Waals surface area contributed by atoms with Gasteiger partial charge in [0.05, 0.1) is 12.2 Å². The number of benzene rings is 1. The highest BCUT2D eigenvalue weighted by atomic mass is 16.2. The van der Waals surface area contributed by atoms with Gasteiger partial charge in [0.25, 0.3) is 11.8 Å². The average Bonchev–Trinajstić information content (AvgIpc) is 2.99. The Morgan fingerprint density at radius 1 is 1.31 bits per heavy atom. The van der Waals surface area contributed by atoms with E-state index in [1.807, 2.05) is 38.6 Å². The third kappa shape index (κ3) is 4.20. The maximum Gasteiger partial charge on any atom is 0.251 e. The normalized spacial score (nSPS) is 10.5. The van der Waals surface area contributed by atoms with Crippen LogP contribution >= 0.6 is 0 Å². The number of rotatable bonds is 7. The molecule has 0 saturated carbocycles. The average molecular weight is 354 g/mol. The molecule has 0 unspecified atom stereocenters. The molecule has 6 heteroatoms. The second-order valence-corrected chi connectivity index (χ2v) is 6.08. The van der Waals surface area contributed by atoms with Crippen LogP contribution in [0.15, 0.2) is 37.1 Å². The summed E-state index contributed by atoms with van der Waals surface area (Å²) in [5.41, 5.74) is 4.06. The highest BCUT2D eigenvalue weighted by Crippen LogP contribution is 2.24. The molecule has 0 radical (unpaired) electrons. The fraction of sp³-hybridized carbons (Fsp3) is 0.350. The van der Waals surface area contributed by atoms with Crippen molar-refractivity contribution in [2.24, 2.45) is 0 Å². The number of amides is 2. The number of nitrogens with one attached hydrogen (secondary N) is 1. The number of nitrogens with zero attached hydrogens (tertiary/aromatic N) is 3. The smallest absolute Gasteiger partial charge is 0.251 e. The summed E-state index contributed by atoms with van der Waals surface area (Å²) in [6.07, 6.45) is 3.26. The van der Waals surface area contributed by atoms with Gasteiger partial charge in [0.2, 0.25) is 0 Å². The molecule has 0 atom stereocenters. The first-order chi connectivity index (χ1) is 12.4. The summed E-state index contributed by atoms with van der Waals surface area (Å²) < 4.78 is 1.85. The SMILES string of the molecule is C=CC(=O)N(Cc1cn(CC)nc1C)c1ccc(C(=O)NCC)cc1C. The number of carbonyl (C=O) groups is 2. The van der Waals surface area contributed by atoms with Crippen molar-refractivity contribution in [2.75, 3.05) is 11.4 Å². The van der Waals surface area contributed by atoms with Crippen LogP contribution in [0, 0.1) is 13.8 Å². The monoisotopic (exact) mass is 354 g/mol. The predicted molar refractivity (Wildman–Crippen MR) is 103 cm³/mol. The van der Waals surface area contributed by atoms with Crippen LogP contribution in [0.4, 0.5) is 5.69 Å². The molecule has 0 bridgehead atoms. The Bertz CT molecular complexity index is 823. The van der Waals surface area contributed by atoms with Gasteiger partial charge in [0.15, 0.2) is 0 Å². The molecule has 0 aliphatic rings. The molecular weight excluding hydrogens is 328 g/mol. The number of hydrogen-bond donors (Lipinski definition) is 1. The molecule has 0 aliphatic heterocycles. The van der Waals surface area contributed by atoms with Crippen LogP contribution in [0.25, 0.3) is 0 Å². The molecule has 2 aromatic rings. The standard InChI is InChI=1S/C20H26N4O2/c1-6-19(25)24(13-17-12-23(8-3)22-15(17)5)18-10-9-16(11-14(18)4)20(26)21-7-2/h6,9-12H,1,7-8,13H2,2-5H3,(H,21,26). The van der Waals surface area contributed by atoms with Crippen molar-refractivity contribution in [3.8, 4) is 0 Å². The van der Waals surface area contributed by atoms with Gasteiger partial charge in [-0.2, -0.15) is 5.10 Å². The Balaban J connectivity index is 2.37. The van der Waals surface area contributed by atoms with Gasteiger partial charge in [0.1, 0.15) is 0 Å². The molecule has 26 heavy (non-hydrogen) atoms. The predicted octanol–water partition coefficient (Wildman–Crippen LogP) is 2.99. The van der Waals surface area contributed by atoms with Crippen molar-refractivity contribution in [1.82, 2.24) is 15.1 Å². The highest BCUT2D eigenvalue weighted by Gasteiger charge is 2.19. The van der Waals surface area contributed by atoms with E-state index in [0.717, 1.165) is 29.1 Å². The van der Waals surface area contributed by atoms with Crippen molar-refractivity contribution >= 4 is 17.5 Å². The molecular formula is C20H26N4O2. The van der Waals surface area contributed by atoms with Crippen LogP contribution in [0.2, 0.25) is 0 Å². The van der Waals surface area contributed by atoms with E-state index in [2.05, 4.69) is 17.0 Å². The van der Waals surface area contributed by atoms with E-state index < -0.39 is 0 Å². The Morgan fingerprint density at radius 3 is 2.58 bits per heavy atom. The van der Waals surface area contributed by atoms with Gasteiger partial charge in [-0.3, -0.25) is 14.3 Å². The molecule has 6 nitrogen and oxygen atoms in total. The number of carbonyl (C=O) groups excluding carboxylic acids is 2. The molecule has 0 saturated heterocycles. The van der Waals surface area contributed by atoms with Gasteiger partial charge in [0, 0.05) is 36.1 Å². The van der Waals surface area contributed by atoms with E-state index in [9.17, 15) is 9.59 Å². The van der Waals surface area contributed by atoms with Crippen molar-refractivity contribution in [2.45, 2.75) is 40.8 Å². The molecule has 0 fully saturated rings. The van der Waals surface area contributed by atoms with Gasteiger partial charge in [-0.1, -0.05) is 6.58 Å². The highest BCUT2D eigenvalue weighted by molar-refractivity contribution is 6.02. The van der Waals surface area contributed by atoms with Crippen LogP contribution in [0.5, 0.6) is 0 Å². The summed E-state index contributed by atoms with van der Waals surface area (Å²) in [6.45, 7) is 13.1. The van der Waals surface area contributed by atoms with Gasteiger partial charge in [-0.25, -0.2) is 0 Å². The molecule has 1 N–H and O–H groups in total. The summed E-state index contributed by atoms with van der Waals surface area (Å²) in [6, 6.07) is 5.34. The van der Waals surface area contributed by atoms with Crippen LogP contribution in [-0.2, 0) is 17.9 Å². The van der Waals surface area contributed by atoms with Gasteiger partial charge in [-0.15, -0.1) is 0 Å². The van der Waals surface area contributed by atoms with E-state index in [1.165, 1.54) is 6.08 Å². The summed E-state index contributed by atoms with van der Waals surface area (Å²) in [5.74, 6) is -0.314. The number of aryl methyl sites for hydroxylation is 3. The quantitative estimate of drug-likeness (QED) is 0.777. The molecule has 138 valence electrons. The second-order valence-electron chi connectivity index (χ2n) is 6.08. The summed E-state index contributed by atoms with van der Waals surface area (Å²) in [5, 5.41) is 7.22. The van der Waals surface area contributed by atoms with Crippen molar-refractivity contribution in [3.63, 3.8) is 0 Å². The fourth-order valence-electron chi connectivity index (χ4n) is 2.80. The van der Waals surface area contributed by atoms with Gasteiger partial charge in [-0.05, 0) is 57.5 Å².